The summed E-state index contributed by atoms with van der Waals surface area (Å²) in [5, 5.41) is 0.157. The van der Waals surface area contributed by atoms with E-state index in [1.54, 1.807) is 13.8 Å². The van der Waals surface area contributed by atoms with Gasteiger partial charge in [-0.25, -0.2) is 8.42 Å². The van der Waals surface area contributed by atoms with Crippen LogP contribution in [0.15, 0.2) is 14.1 Å². The second kappa shape index (κ2) is 6.51. The number of hydrogen-bond acceptors (Lipinski definition) is 3. The SMILES string of the molecule is CC(C)CN(CC(F)(F)F)S(=O)(=O)c1cc(Cl)c(Br)s1. The highest BCUT2D eigenvalue weighted by atomic mass is 79.9. The predicted octanol–water partition coefficient (Wildman–Crippen LogP) is 4.37. The van der Waals surface area contributed by atoms with E-state index in [4.69, 9.17) is 11.6 Å². The van der Waals surface area contributed by atoms with Gasteiger partial charge in [0.25, 0.3) is 10.0 Å². The number of halogens is 5. The Morgan fingerprint density at radius 2 is 2.00 bits per heavy atom. The predicted molar refractivity (Wildman–Crippen MR) is 76.7 cm³/mol. The first-order chi connectivity index (χ1) is 8.93. The lowest BCUT2D eigenvalue weighted by atomic mass is 10.2. The Kier molecular flexibility index (Phi) is 5.93. The quantitative estimate of drug-likeness (QED) is 0.717. The molecule has 0 amide bonds. The van der Waals surface area contributed by atoms with E-state index in [9.17, 15) is 21.6 Å². The van der Waals surface area contributed by atoms with Crippen molar-refractivity contribution in [3.8, 4) is 0 Å². The Labute approximate surface area is 132 Å². The standard InChI is InChI=1S/C10H12BrClF3NO2S2/c1-6(2)4-16(5-10(13,14)15)20(17,18)8-3-7(12)9(11)19-8/h3,6H,4-5H2,1-2H3. The van der Waals surface area contributed by atoms with Crippen molar-refractivity contribution < 1.29 is 21.6 Å². The molecule has 1 aromatic heterocycles. The first-order valence-electron chi connectivity index (χ1n) is 5.45. The molecule has 116 valence electrons. The van der Waals surface area contributed by atoms with E-state index in [0.717, 1.165) is 17.4 Å². The van der Waals surface area contributed by atoms with Crippen LogP contribution in [0, 0.1) is 5.92 Å². The van der Waals surface area contributed by atoms with Crippen LogP contribution in [0.25, 0.3) is 0 Å². The highest BCUT2D eigenvalue weighted by Crippen LogP contribution is 2.36. The Morgan fingerprint density at radius 1 is 1.45 bits per heavy atom. The van der Waals surface area contributed by atoms with Crippen LogP contribution in [0.2, 0.25) is 5.02 Å². The molecule has 0 N–H and O–H groups in total. The van der Waals surface area contributed by atoms with Crippen LogP contribution in [-0.2, 0) is 10.0 Å². The van der Waals surface area contributed by atoms with Gasteiger partial charge in [0, 0.05) is 6.54 Å². The normalized spacial score (nSPS) is 13.4. The lowest BCUT2D eigenvalue weighted by Gasteiger charge is -2.24. The van der Waals surface area contributed by atoms with Crippen LogP contribution >= 0.6 is 38.9 Å². The summed E-state index contributed by atoms with van der Waals surface area (Å²) in [6, 6.07) is 1.15. The molecule has 0 unspecified atom stereocenters. The molecule has 1 heterocycles. The molecule has 1 aromatic rings. The molecule has 1 rings (SSSR count). The molecule has 20 heavy (non-hydrogen) atoms. The first kappa shape index (κ1) is 18.2. The molecular formula is C10H12BrClF3NO2S2. The van der Waals surface area contributed by atoms with Gasteiger partial charge in [0.1, 0.15) is 10.8 Å². The lowest BCUT2D eigenvalue weighted by molar-refractivity contribution is -0.136. The molecule has 0 spiro atoms. The number of rotatable bonds is 5. The van der Waals surface area contributed by atoms with E-state index >= 15 is 0 Å². The number of alkyl halides is 3. The average molecular weight is 415 g/mol. The minimum atomic E-state index is -4.60. The highest BCUT2D eigenvalue weighted by molar-refractivity contribution is 9.11. The van der Waals surface area contributed by atoms with E-state index in [0.29, 0.717) is 8.09 Å². The number of sulfonamides is 1. The Balaban J connectivity index is 3.16. The largest absolute Gasteiger partial charge is 0.402 e. The minimum absolute atomic E-state index is 0.157. The maximum absolute atomic E-state index is 12.5. The smallest absolute Gasteiger partial charge is 0.206 e. The van der Waals surface area contributed by atoms with Gasteiger partial charge in [0.15, 0.2) is 0 Å². The summed E-state index contributed by atoms with van der Waals surface area (Å²) in [4.78, 5) is 0. The summed E-state index contributed by atoms with van der Waals surface area (Å²) in [6.45, 7) is 1.57. The summed E-state index contributed by atoms with van der Waals surface area (Å²) >= 11 is 9.58. The Hall–Kier alpha value is 0.170. The zero-order valence-corrected chi connectivity index (χ0v) is 14.5. The van der Waals surface area contributed by atoms with Gasteiger partial charge in [-0.3, -0.25) is 0 Å². The van der Waals surface area contributed by atoms with Crippen LogP contribution in [-0.4, -0.2) is 32.0 Å². The molecule has 0 fully saturated rings. The third-order valence-electron chi connectivity index (χ3n) is 2.14. The van der Waals surface area contributed by atoms with Crippen molar-refractivity contribution in [2.45, 2.75) is 24.2 Å². The van der Waals surface area contributed by atoms with Crippen molar-refractivity contribution in [3.63, 3.8) is 0 Å². The molecule has 0 aliphatic carbocycles. The minimum Gasteiger partial charge on any atom is -0.206 e. The van der Waals surface area contributed by atoms with Crippen LogP contribution in [0.4, 0.5) is 13.2 Å². The number of thiophene rings is 1. The van der Waals surface area contributed by atoms with E-state index in [1.807, 2.05) is 0 Å². The van der Waals surface area contributed by atoms with Crippen LogP contribution in [0.3, 0.4) is 0 Å². The molecule has 0 atom stereocenters. The van der Waals surface area contributed by atoms with Crippen molar-refractivity contribution >= 4 is 48.9 Å². The Morgan fingerprint density at radius 3 is 2.35 bits per heavy atom. The molecule has 0 aliphatic heterocycles. The van der Waals surface area contributed by atoms with Crippen molar-refractivity contribution in [2.24, 2.45) is 5.92 Å². The second-order valence-electron chi connectivity index (χ2n) is 4.49. The summed E-state index contributed by atoms with van der Waals surface area (Å²) in [5.74, 6) is -0.231. The number of nitrogens with zero attached hydrogens (tertiary/aromatic N) is 1. The fourth-order valence-electron chi connectivity index (χ4n) is 1.44. The van der Waals surface area contributed by atoms with Gasteiger partial charge in [-0.1, -0.05) is 25.4 Å². The summed E-state index contributed by atoms with van der Waals surface area (Å²) < 4.78 is 62.8. The Bertz CT molecular complexity index is 552. The van der Waals surface area contributed by atoms with E-state index in [1.165, 1.54) is 0 Å². The maximum Gasteiger partial charge on any atom is 0.402 e. The zero-order chi connectivity index (χ0) is 15.7. The van der Waals surface area contributed by atoms with E-state index in [-0.39, 0.29) is 21.7 Å². The molecule has 0 radical (unpaired) electrons. The maximum atomic E-state index is 12.5. The van der Waals surface area contributed by atoms with Crippen molar-refractivity contribution in [1.82, 2.24) is 4.31 Å². The van der Waals surface area contributed by atoms with Gasteiger partial charge in [0.2, 0.25) is 0 Å². The fourth-order valence-corrected chi connectivity index (χ4v) is 5.58. The van der Waals surface area contributed by atoms with E-state index < -0.39 is 22.7 Å². The third kappa shape index (κ3) is 4.87. The van der Waals surface area contributed by atoms with Gasteiger partial charge < -0.3 is 0 Å². The summed E-state index contributed by atoms with van der Waals surface area (Å²) in [6.07, 6.45) is -4.60. The average Bonchev–Trinajstić information content (AvgIpc) is 2.56. The fraction of sp³-hybridized carbons (Fsp3) is 0.600. The van der Waals surface area contributed by atoms with Gasteiger partial charge >= 0.3 is 6.18 Å². The summed E-state index contributed by atoms with van der Waals surface area (Å²) in [7, 11) is -4.21. The monoisotopic (exact) mass is 413 g/mol. The molecule has 0 aliphatic rings. The first-order valence-corrected chi connectivity index (χ1v) is 8.88. The van der Waals surface area contributed by atoms with E-state index in [2.05, 4.69) is 15.9 Å². The molecule has 3 nitrogen and oxygen atoms in total. The van der Waals surface area contributed by atoms with Gasteiger partial charge in [-0.2, -0.15) is 17.5 Å². The topological polar surface area (TPSA) is 37.4 Å². The van der Waals surface area contributed by atoms with Crippen molar-refractivity contribution in [1.29, 1.82) is 0 Å². The second-order valence-corrected chi connectivity index (χ2v) is 9.44. The lowest BCUT2D eigenvalue weighted by Crippen LogP contribution is -2.40. The molecule has 0 aromatic carbocycles. The molecule has 0 bridgehead atoms. The number of hydrogen-bond donors (Lipinski definition) is 0. The van der Waals surface area contributed by atoms with Crippen LogP contribution in [0.1, 0.15) is 13.8 Å². The molecular weight excluding hydrogens is 403 g/mol. The molecule has 0 saturated carbocycles. The zero-order valence-electron chi connectivity index (χ0n) is 10.5. The van der Waals surface area contributed by atoms with Crippen molar-refractivity contribution in [2.75, 3.05) is 13.1 Å². The van der Waals surface area contributed by atoms with Crippen LogP contribution < -0.4 is 0 Å². The summed E-state index contributed by atoms with van der Waals surface area (Å²) in [5.41, 5.74) is 0. The third-order valence-corrected chi connectivity index (χ3v) is 6.88. The van der Waals surface area contributed by atoms with Gasteiger partial charge in [-0.05, 0) is 27.9 Å². The molecule has 10 heteroatoms. The van der Waals surface area contributed by atoms with Gasteiger partial charge in [-0.15, -0.1) is 11.3 Å². The van der Waals surface area contributed by atoms with Gasteiger partial charge in [0.05, 0.1) is 8.81 Å². The van der Waals surface area contributed by atoms with Crippen LogP contribution in [0.5, 0.6) is 0 Å². The molecule has 0 saturated heterocycles. The highest BCUT2D eigenvalue weighted by Gasteiger charge is 2.38. The van der Waals surface area contributed by atoms with Crippen molar-refractivity contribution in [3.05, 3.63) is 14.9 Å².